The molecule has 0 fully saturated rings. The lowest BCUT2D eigenvalue weighted by atomic mass is 10.1. The summed E-state index contributed by atoms with van der Waals surface area (Å²) in [5, 5.41) is 7.88. The Balaban J connectivity index is 1.47. The third-order valence-corrected chi connectivity index (χ3v) is 5.67. The first-order valence-electron chi connectivity index (χ1n) is 10.2. The van der Waals surface area contributed by atoms with E-state index >= 15 is 0 Å². The molecule has 0 saturated heterocycles. The fraction of sp³-hybridized carbons (Fsp3) is 0.0800. The molecular weight excluding hydrogens is 424 g/mol. The van der Waals surface area contributed by atoms with Crippen LogP contribution in [-0.4, -0.2) is 27.2 Å². The number of nitrogens with zero attached hydrogens (tertiary/aromatic N) is 2. The Hall–Kier alpha value is -3.90. The number of hydrogen-bond acceptors (Lipinski definition) is 3. The van der Waals surface area contributed by atoms with Crippen molar-refractivity contribution < 1.29 is 4.79 Å². The quantitative estimate of drug-likeness (QED) is 0.420. The zero-order valence-corrected chi connectivity index (χ0v) is 17.8. The van der Waals surface area contributed by atoms with Gasteiger partial charge in [-0.15, -0.1) is 0 Å². The Bertz CT molecular complexity index is 1490. The van der Waals surface area contributed by atoms with Crippen molar-refractivity contribution in [3.63, 3.8) is 0 Å². The predicted octanol–water partition coefficient (Wildman–Crippen LogP) is 4.49. The fourth-order valence-corrected chi connectivity index (χ4v) is 3.86. The van der Waals surface area contributed by atoms with Crippen molar-refractivity contribution in [2.45, 2.75) is 6.42 Å². The van der Waals surface area contributed by atoms with Crippen molar-refractivity contribution in [1.82, 2.24) is 20.1 Å². The minimum Gasteiger partial charge on any atom is -0.352 e. The molecular formula is C25H19ClN4O2. The highest BCUT2D eigenvalue weighted by Gasteiger charge is 2.14. The average Bonchev–Trinajstić information content (AvgIpc) is 3.17. The molecule has 0 atom stereocenters. The molecule has 2 N–H and O–H groups in total. The molecule has 7 heteroatoms. The first-order valence-corrected chi connectivity index (χ1v) is 10.6. The van der Waals surface area contributed by atoms with Gasteiger partial charge in [-0.2, -0.15) is 0 Å². The minimum atomic E-state index is -0.213. The van der Waals surface area contributed by atoms with Crippen molar-refractivity contribution in [1.29, 1.82) is 0 Å². The standard InChI is InChI=1S/C25H19ClN4O2/c26-18-7-9-19(10-8-18)30-25(32)21-15-28-22-11-6-17(14-20(22)23(21)29-30)24(31)27-13-12-16-4-2-1-3-5-16/h1-11,14-15,29H,12-13H2,(H,27,31). The molecule has 0 aliphatic heterocycles. The summed E-state index contributed by atoms with van der Waals surface area (Å²) in [6.07, 6.45) is 2.31. The molecule has 0 aliphatic carbocycles. The molecule has 2 heterocycles. The summed E-state index contributed by atoms with van der Waals surface area (Å²) in [7, 11) is 0. The molecule has 3 aromatic carbocycles. The SMILES string of the molecule is O=C(NCCc1ccccc1)c1ccc2ncc3c(=O)n(-c4ccc(Cl)cc4)[nH]c3c2c1. The van der Waals surface area contributed by atoms with Crippen molar-refractivity contribution in [3.8, 4) is 5.69 Å². The molecule has 0 spiro atoms. The van der Waals surface area contributed by atoms with Gasteiger partial charge in [-0.3, -0.25) is 19.7 Å². The van der Waals surface area contributed by atoms with Crippen LogP contribution in [0.1, 0.15) is 15.9 Å². The molecule has 1 amide bonds. The van der Waals surface area contributed by atoms with Gasteiger partial charge in [0.1, 0.15) is 0 Å². The third kappa shape index (κ3) is 3.76. The molecule has 0 saturated carbocycles. The number of amides is 1. The van der Waals surface area contributed by atoms with Crippen molar-refractivity contribution in [2.24, 2.45) is 0 Å². The number of carbonyl (C=O) groups excluding carboxylic acids is 1. The van der Waals surface area contributed by atoms with Crippen LogP contribution in [0.4, 0.5) is 0 Å². The summed E-state index contributed by atoms with van der Waals surface area (Å²) < 4.78 is 1.45. The van der Waals surface area contributed by atoms with Gasteiger partial charge in [-0.05, 0) is 54.4 Å². The second-order valence-corrected chi connectivity index (χ2v) is 7.94. The van der Waals surface area contributed by atoms with Gasteiger partial charge in [-0.25, -0.2) is 4.68 Å². The monoisotopic (exact) mass is 442 g/mol. The lowest BCUT2D eigenvalue weighted by molar-refractivity contribution is 0.0954. The van der Waals surface area contributed by atoms with Crippen LogP contribution in [0.25, 0.3) is 27.5 Å². The molecule has 0 radical (unpaired) electrons. The summed E-state index contributed by atoms with van der Waals surface area (Å²) >= 11 is 5.97. The van der Waals surface area contributed by atoms with Crippen LogP contribution in [0.5, 0.6) is 0 Å². The Morgan fingerprint density at radius 1 is 1.00 bits per heavy atom. The zero-order chi connectivity index (χ0) is 22.1. The van der Waals surface area contributed by atoms with Gasteiger partial charge in [0, 0.05) is 28.7 Å². The van der Waals surface area contributed by atoms with Crippen molar-refractivity contribution in [3.05, 3.63) is 105 Å². The summed E-state index contributed by atoms with van der Waals surface area (Å²) in [4.78, 5) is 30.1. The molecule has 32 heavy (non-hydrogen) atoms. The van der Waals surface area contributed by atoms with Crippen LogP contribution in [-0.2, 0) is 6.42 Å². The predicted molar refractivity (Wildman–Crippen MR) is 127 cm³/mol. The van der Waals surface area contributed by atoms with Gasteiger partial charge in [0.15, 0.2) is 0 Å². The second-order valence-electron chi connectivity index (χ2n) is 7.50. The number of hydrogen-bond donors (Lipinski definition) is 2. The van der Waals surface area contributed by atoms with Crippen LogP contribution < -0.4 is 10.9 Å². The topological polar surface area (TPSA) is 79.8 Å². The summed E-state index contributed by atoms with van der Waals surface area (Å²) in [6.45, 7) is 0.535. The Morgan fingerprint density at radius 3 is 2.56 bits per heavy atom. The highest BCUT2D eigenvalue weighted by atomic mass is 35.5. The minimum absolute atomic E-state index is 0.167. The fourth-order valence-electron chi connectivity index (χ4n) is 3.74. The summed E-state index contributed by atoms with van der Waals surface area (Å²) in [5.41, 5.74) is 3.46. The molecule has 6 nitrogen and oxygen atoms in total. The number of H-pyrrole nitrogens is 1. The summed E-state index contributed by atoms with van der Waals surface area (Å²) in [5.74, 6) is -0.167. The van der Waals surface area contributed by atoms with E-state index in [0.29, 0.717) is 44.6 Å². The number of halogens is 1. The van der Waals surface area contributed by atoms with E-state index in [2.05, 4.69) is 15.4 Å². The number of pyridine rings is 1. The lowest BCUT2D eigenvalue weighted by Crippen LogP contribution is -2.25. The van der Waals surface area contributed by atoms with E-state index in [9.17, 15) is 9.59 Å². The lowest BCUT2D eigenvalue weighted by Gasteiger charge is -2.07. The average molecular weight is 443 g/mol. The highest BCUT2D eigenvalue weighted by molar-refractivity contribution is 6.30. The van der Waals surface area contributed by atoms with Crippen LogP contribution in [0.15, 0.2) is 83.8 Å². The van der Waals surface area contributed by atoms with Gasteiger partial charge in [0.05, 0.1) is 22.1 Å². The van der Waals surface area contributed by atoms with Gasteiger partial charge >= 0.3 is 0 Å². The van der Waals surface area contributed by atoms with Gasteiger partial charge in [0.2, 0.25) is 0 Å². The van der Waals surface area contributed by atoms with E-state index in [4.69, 9.17) is 11.6 Å². The maximum atomic E-state index is 12.9. The maximum absolute atomic E-state index is 12.9. The second kappa shape index (κ2) is 8.32. The number of rotatable bonds is 5. The third-order valence-electron chi connectivity index (χ3n) is 5.41. The smallest absolute Gasteiger partial charge is 0.280 e. The number of fused-ring (bicyclic) bond motifs is 3. The highest BCUT2D eigenvalue weighted by Crippen LogP contribution is 2.23. The zero-order valence-electron chi connectivity index (χ0n) is 17.0. The Morgan fingerprint density at radius 2 is 1.78 bits per heavy atom. The normalized spacial score (nSPS) is 11.2. The van der Waals surface area contributed by atoms with Gasteiger partial charge in [-0.1, -0.05) is 41.9 Å². The molecule has 5 rings (SSSR count). The molecule has 0 bridgehead atoms. The number of benzene rings is 3. The van der Waals surface area contributed by atoms with E-state index in [0.717, 1.165) is 6.42 Å². The van der Waals surface area contributed by atoms with Crippen molar-refractivity contribution >= 4 is 39.3 Å². The molecule has 158 valence electrons. The molecule has 0 unspecified atom stereocenters. The largest absolute Gasteiger partial charge is 0.352 e. The maximum Gasteiger partial charge on any atom is 0.280 e. The van der Waals surface area contributed by atoms with Crippen LogP contribution in [0, 0.1) is 0 Å². The Labute approximate surface area is 188 Å². The number of carbonyl (C=O) groups is 1. The van der Waals surface area contributed by atoms with Gasteiger partial charge < -0.3 is 5.32 Å². The van der Waals surface area contributed by atoms with E-state index in [-0.39, 0.29) is 11.5 Å². The first-order chi connectivity index (χ1) is 15.6. The number of aromatic nitrogens is 3. The van der Waals surface area contributed by atoms with Crippen LogP contribution in [0.2, 0.25) is 5.02 Å². The molecule has 5 aromatic rings. The molecule has 2 aromatic heterocycles. The number of aromatic amines is 1. The van der Waals surface area contributed by atoms with E-state index in [1.807, 2.05) is 30.3 Å². The van der Waals surface area contributed by atoms with Crippen molar-refractivity contribution in [2.75, 3.05) is 6.54 Å². The van der Waals surface area contributed by atoms with Gasteiger partial charge in [0.25, 0.3) is 11.5 Å². The number of nitrogens with one attached hydrogen (secondary N) is 2. The van der Waals surface area contributed by atoms with E-state index < -0.39 is 0 Å². The van der Waals surface area contributed by atoms with Crippen LogP contribution >= 0.6 is 11.6 Å². The van der Waals surface area contributed by atoms with Crippen LogP contribution in [0.3, 0.4) is 0 Å². The van der Waals surface area contributed by atoms with E-state index in [1.54, 1.807) is 48.7 Å². The Kier molecular flexibility index (Phi) is 5.21. The summed E-state index contributed by atoms with van der Waals surface area (Å²) in [6, 6.07) is 22.3. The van der Waals surface area contributed by atoms with E-state index in [1.165, 1.54) is 10.2 Å². The molecule has 0 aliphatic rings. The first kappa shape index (κ1) is 20.0.